The van der Waals surface area contributed by atoms with Crippen molar-refractivity contribution in [3.8, 4) is 0 Å². The molecule has 0 spiro atoms. The third kappa shape index (κ3) is 3.31. The number of ether oxygens (including phenoxy) is 2. The van der Waals surface area contributed by atoms with Crippen LogP contribution in [-0.2, 0) is 16.0 Å². The van der Waals surface area contributed by atoms with Gasteiger partial charge in [-0.15, -0.1) is 0 Å². The fourth-order valence-electron chi connectivity index (χ4n) is 1.84. The Hall–Kier alpha value is -1.33. The summed E-state index contributed by atoms with van der Waals surface area (Å²) in [5.41, 5.74) is 0. The average Bonchev–Trinajstić information content (AvgIpc) is 2.99. The van der Waals surface area contributed by atoms with Gasteiger partial charge in [-0.25, -0.2) is 4.79 Å². The van der Waals surface area contributed by atoms with Gasteiger partial charge in [0.1, 0.15) is 5.76 Å². The van der Waals surface area contributed by atoms with Crippen molar-refractivity contribution in [2.45, 2.75) is 25.5 Å². The number of hydrogen-bond acceptors (Lipinski definition) is 5. The molecule has 1 unspecified atom stereocenters. The molecule has 5 heteroatoms. The zero-order valence-electron chi connectivity index (χ0n) is 9.90. The molecule has 1 aliphatic rings. The summed E-state index contributed by atoms with van der Waals surface area (Å²) in [6.07, 6.45) is 2.56. The van der Waals surface area contributed by atoms with E-state index < -0.39 is 5.97 Å². The van der Waals surface area contributed by atoms with E-state index in [0.717, 1.165) is 31.8 Å². The number of carbonyl (C=O) groups is 1. The van der Waals surface area contributed by atoms with Gasteiger partial charge in [-0.2, -0.15) is 0 Å². The topological polar surface area (TPSA) is 60.7 Å². The summed E-state index contributed by atoms with van der Waals surface area (Å²) in [7, 11) is 1.33. The molecule has 1 aliphatic heterocycles. The van der Waals surface area contributed by atoms with Crippen molar-refractivity contribution in [3.05, 3.63) is 23.7 Å². The van der Waals surface area contributed by atoms with Crippen molar-refractivity contribution < 1.29 is 18.7 Å². The quantitative estimate of drug-likeness (QED) is 0.785. The van der Waals surface area contributed by atoms with Crippen LogP contribution in [0.15, 0.2) is 16.5 Å². The molecular weight excluding hydrogens is 222 g/mol. The molecule has 0 amide bonds. The zero-order valence-corrected chi connectivity index (χ0v) is 9.90. The highest BCUT2D eigenvalue weighted by Gasteiger charge is 2.15. The maximum Gasteiger partial charge on any atom is 0.373 e. The van der Waals surface area contributed by atoms with Crippen LogP contribution in [0.4, 0.5) is 0 Å². The molecule has 1 N–H and O–H groups in total. The highest BCUT2D eigenvalue weighted by atomic mass is 16.5. The van der Waals surface area contributed by atoms with E-state index in [1.165, 1.54) is 7.11 Å². The van der Waals surface area contributed by atoms with Crippen molar-refractivity contribution in [1.29, 1.82) is 0 Å². The molecule has 0 aromatic carbocycles. The second-order valence-corrected chi connectivity index (χ2v) is 4.02. The summed E-state index contributed by atoms with van der Waals surface area (Å²) in [5, 5.41) is 3.24. The molecule has 94 valence electrons. The maximum absolute atomic E-state index is 11.2. The van der Waals surface area contributed by atoms with Crippen molar-refractivity contribution >= 4 is 5.97 Å². The van der Waals surface area contributed by atoms with E-state index in [-0.39, 0.29) is 5.76 Å². The van der Waals surface area contributed by atoms with E-state index in [1.54, 1.807) is 12.1 Å². The van der Waals surface area contributed by atoms with Crippen LogP contribution in [0.25, 0.3) is 0 Å². The summed E-state index contributed by atoms with van der Waals surface area (Å²) in [4.78, 5) is 11.2. The standard InChI is InChI=1S/C12H17NO4/c1-15-12(14)11-5-4-10(17-11)8-13-7-9-3-2-6-16-9/h4-5,9,13H,2-3,6-8H2,1H3. The maximum atomic E-state index is 11.2. The van der Waals surface area contributed by atoms with E-state index in [2.05, 4.69) is 10.1 Å². The smallest absolute Gasteiger partial charge is 0.373 e. The van der Waals surface area contributed by atoms with Crippen LogP contribution in [0.5, 0.6) is 0 Å². The van der Waals surface area contributed by atoms with E-state index in [1.807, 2.05) is 0 Å². The molecule has 1 saturated heterocycles. The Morgan fingerprint density at radius 2 is 2.47 bits per heavy atom. The minimum Gasteiger partial charge on any atom is -0.463 e. The molecule has 5 nitrogen and oxygen atoms in total. The van der Waals surface area contributed by atoms with Gasteiger partial charge < -0.3 is 19.2 Å². The van der Waals surface area contributed by atoms with Gasteiger partial charge >= 0.3 is 5.97 Å². The van der Waals surface area contributed by atoms with E-state index in [9.17, 15) is 4.79 Å². The Labute approximate surface area is 100 Å². The molecule has 2 heterocycles. The largest absolute Gasteiger partial charge is 0.463 e. The molecule has 0 saturated carbocycles. The fraction of sp³-hybridized carbons (Fsp3) is 0.583. The first-order valence-corrected chi connectivity index (χ1v) is 5.79. The first kappa shape index (κ1) is 12.1. The SMILES string of the molecule is COC(=O)c1ccc(CNCC2CCCO2)o1. The van der Waals surface area contributed by atoms with Gasteiger partial charge in [0.25, 0.3) is 0 Å². The predicted molar refractivity (Wildman–Crippen MR) is 60.7 cm³/mol. The zero-order chi connectivity index (χ0) is 12.1. The number of methoxy groups -OCH3 is 1. The van der Waals surface area contributed by atoms with Gasteiger partial charge in [0.15, 0.2) is 0 Å². The minimum absolute atomic E-state index is 0.237. The molecule has 1 atom stereocenters. The second-order valence-electron chi connectivity index (χ2n) is 4.02. The van der Waals surface area contributed by atoms with Crippen LogP contribution in [0.2, 0.25) is 0 Å². The fourth-order valence-corrected chi connectivity index (χ4v) is 1.84. The Bertz CT molecular complexity index is 368. The van der Waals surface area contributed by atoms with Gasteiger partial charge in [-0.3, -0.25) is 0 Å². The normalized spacial score (nSPS) is 19.5. The summed E-state index contributed by atoms with van der Waals surface area (Å²) in [6, 6.07) is 3.39. The van der Waals surface area contributed by atoms with Gasteiger partial charge in [0.05, 0.1) is 19.8 Å². The van der Waals surface area contributed by atoms with Crippen LogP contribution in [0.1, 0.15) is 29.2 Å². The average molecular weight is 239 g/mol. The van der Waals surface area contributed by atoms with Gasteiger partial charge in [0, 0.05) is 13.2 Å². The molecule has 1 aromatic rings. The van der Waals surface area contributed by atoms with E-state index >= 15 is 0 Å². The van der Waals surface area contributed by atoms with Crippen molar-refractivity contribution in [2.75, 3.05) is 20.3 Å². The molecule has 1 fully saturated rings. The molecule has 17 heavy (non-hydrogen) atoms. The summed E-state index contributed by atoms with van der Waals surface area (Å²) in [6.45, 7) is 2.27. The first-order chi connectivity index (χ1) is 8.29. The lowest BCUT2D eigenvalue weighted by molar-refractivity contribution is 0.0562. The molecule has 0 radical (unpaired) electrons. The van der Waals surface area contributed by atoms with Gasteiger partial charge in [0.2, 0.25) is 5.76 Å². The molecule has 1 aromatic heterocycles. The third-order valence-electron chi connectivity index (χ3n) is 2.74. The van der Waals surface area contributed by atoms with Crippen molar-refractivity contribution in [3.63, 3.8) is 0 Å². The van der Waals surface area contributed by atoms with Crippen LogP contribution >= 0.6 is 0 Å². The summed E-state index contributed by atoms with van der Waals surface area (Å²) >= 11 is 0. The van der Waals surface area contributed by atoms with Gasteiger partial charge in [-0.05, 0) is 25.0 Å². The van der Waals surface area contributed by atoms with Gasteiger partial charge in [-0.1, -0.05) is 0 Å². The second kappa shape index (κ2) is 5.84. The lowest BCUT2D eigenvalue weighted by atomic mass is 10.2. The number of esters is 1. The van der Waals surface area contributed by atoms with Crippen molar-refractivity contribution in [1.82, 2.24) is 5.32 Å². The highest BCUT2D eigenvalue weighted by Crippen LogP contribution is 2.12. The molecule has 2 rings (SSSR count). The number of furan rings is 1. The van der Waals surface area contributed by atoms with Crippen LogP contribution in [0.3, 0.4) is 0 Å². The molecule has 0 aliphatic carbocycles. The Balaban J connectivity index is 1.74. The minimum atomic E-state index is -0.449. The monoisotopic (exact) mass is 239 g/mol. The lowest BCUT2D eigenvalue weighted by Gasteiger charge is -2.09. The Morgan fingerprint density at radius 3 is 3.18 bits per heavy atom. The van der Waals surface area contributed by atoms with E-state index in [0.29, 0.717) is 12.6 Å². The number of hydrogen-bond donors (Lipinski definition) is 1. The van der Waals surface area contributed by atoms with Crippen LogP contribution in [0, 0.1) is 0 Å². The summed E-state index contributed by atoms with van der Waals surface area (Å²) in [5.74, 6) is 0.514. The highest BCUT2D eigenvalue weighted by molar-refractivity contribution is 5.86. The van der Waals surface area contributed by atoms with Crippen molar-refractivity contribution in [2.24, 2.45) is 0 Å². The number of rotatable bonds is 5. The predicted octanol–water partition coefficient (Wildman–Crippen LogP) is 1.33. The summed E-state index contributed by atoms with van der Waals surface area (Å²) < 4.78 is 15.4. The molecule has 0 bridgehead atoms. The molecular formula is C12H17NO4. The van der Waals surface area contributed by atoms with E-state index in [4.69, 9.17) is 9.15 Å². The van der Waals surface area contributed by atoms with Crippen LogP contribution in [-0.4, -0.2) is 32.3 Å². The number of nitrogens with one attached hydrogen (secondary N) is 1. The third-order valence-corrected chi connectivity index (χ3v) is 2.74. The van der Waals surface area contributed by atoms with Crippen LogP contribution < -0.4 is 5.32 Å². The number of carbonyl (C=O) groups excluding carboxylic acids is 1. The Morgan fingerprint density at radius 1 is 1.59 bits per heavy atom. The lowest BCUT2D eigenvalue weighted by Crippen LogP contribution is -2.25. The first-order valence-electron chi connectivity index (χ1n) is 5.79. The Kier molecular flexibility index (Phi) is 4.17.